The van der Waals surface area contributed by atoms with Crippen molar-refractivity contribution in [3.05, 3.63) is 24.2 Å². The normalized spacial score (nSPS) is 15.5. The molecule has 1 aromatic heterocycles. The summed E-state index contributed by atoms with van der Waals surface area (Å²) in [5.41, 5.74) is 0. The van der Waals surface area contributed by atoms with Gasteiger partial charge in [-0.05, 0) is 31.9 Å². The van der Waals surface area contributed by atoms with Gasteiger partial charge in [0.2, 0.25) is 5.91 Å². The number of piperidine rings is 1. The zero-order valence-electron chi connectivity index (χ0n) is 16.4. The number of carbonyl (C=O) groups excluding carboxylic acids is 2. The Labute approximate surface area is 160 Å². The number of ether oxygens (including phenoxy) is 1. The predicted octanol–water partition coefficient (Wildman–Crippen LogP) is 1.13. The summed E-state index contributed by atoms with van der Waals surface area (Å²) in [5.74, 6) is 1.35. The van der Waals surface area contributed by atoms with Gasteiger partial charge in [0.05, 0.1) is 18.8 Å². The van der Waals surface area contributed by atoms with Crippen LogP contribution in [0, 0.1) is 5.92 Å². The number of likely N-dealkylation sites (tertiary alicyclic amines) is 1. The van der Waals surface area contributed by atoms with Crippen molar-refractivity contribution in [2.24, 2.45) is 10.9 Å². The third-order valence-corrected chi connectivity index (χ3v) is 4.51. The molecule has 2 rings (SSSR count). The van der Waals surface area contributed by atoms with Gasteiger partial charge in [0.1, 0.15) is 12.3 Å². The van der Waals surface area contributed by atoms with Crippen LogP contribution in [0.15, 0.2) is 27.8 Å². The second-order valence-electron chi connectivity index (χ2n) is 6.70. The van der Waals surface area contributed by atoms with Gasteiger partial charge in [-0.15, -0.1) is 0 Å². The van der Waals surface area contributed by atoms with E-state index in [1.807, 2.05) is 19.1 Å². The van der Waals surface area contributed by atoms with E-state index in [1.165, 1.54) is 4.90 Å². The van der Waals surface area contributed by atoms with Crippen molar-refractivity contribution in [2.45, 2.75) is 26.2 Å². The van der Waals surface area contributed by atoms with E-state index in [0.29, 0.717) is 32.2 Å². The van der Waals surface area contributed by atoms with E-state index in [1.54, 1.807) is 20.4 Å². The molecule has 1 N–H and O–H groups in total. The van der Waals surface area contributed by atoms with E-state index in [2.05, 4.69) is 15.2 Å². The SMILES string of the molecule is CCOC(=O)C1CCN(C(=NCC(=O)N(C)C)NCCc2ccco2)CC1. The van der Waals surface area contributed by atoms with Crippen molar-refractivity contribution in [1.82, 2.24) is 15.1 Å². The monoisotopic (exact) mass is 378 g/mol. The van der Waals surface area contributed by atoms with Gasteiger partial charge in [-0.2, -0.15) is 0 Å². The number of hydrogen-bond acceptors (Lipinski definition) is 5. The first kappa shape index (κ1) is 20.8. The van der Waals surface area contributed by atoms with Crippen molar-refractivity contribution in [3.8, 4) is 0 Å². The summed E-state index contributed by atoms with van der Waals surface area (Å²) in [6.45, 7) is 4.38. The number of furan rings is 1. The minimum absolute atomic E-state index is 0.0539. The molecular weight excluding hydrogens is 348 g/mol. The van der Waals surface area contributed by atoms with Gasteiger partial charge in [-0.3, -0.25) is 9.59 Å². The second kappa shape index (κ2) is 10.6. The van der Waals surface area contributed by atoms with Crippen molar-refractivity contribution < 1.29 is 18.7 Å². The van der Waals surface area contributed by atoms with Crippen LogP contribution in [-0.2, 0) is 20.7 Å². The molecular formula is C19H30N4O4. The predicted molar refractivity (Wildman–Crippen MR) is 102 cm³/mol. The van der Waals surface area contributed by atoms with Crippen molar-refractivity contribution in [1.29, 1.82) is 0 Å². The van der Waals surface area contributed by atoms with Crippen molar-refractivity contribution in [3.63, 3.8) is 0 Å². The third-order valence-electron chi connectivity index (χ3n) is 4.51. The summed E-state index contributed by atoms with van der Waals surface area (Å²) in [5, 5.41) is 3.32. The summed E-state index contributed by atoms with van der Waals surface area (Å²) in [7, 11) is 3.43. The Morgan fingerprint density at radius 3 is 2.70 bits per heavy atom. The van der Waals surface area contributed by atoms with Crippen LogP contribution in [0.3, 0.4) is 0 Å². The van der Waals surface area contributed by atoms with Gasteiger partial charge in [0.25, 0.3) is 0 Å². The minimum Gasteiger partial charge on any atom is -0.469 e. The molecule has 150 valence electrons. The Bertz CT molecular complexity index is 620. The Hall–Kier alpha value is -2.51. The molecule has 8 heteroatoms. The lowest BCUT2D eigenvalue weighted by molar-refractivity contribution is -0.149. The number of nitrogens with zero attached hydrogens (tertiary/aromatic N) is 3. The molecule has 0 saturated carbocycles. The molecule has 2 heterocycles. The number of rotatable bonds is 7. The lowest BCUT2D eigenvalue weighted by Gasteiger charge is -2.33. The van der Waals surface area contributed by atoms with E-state index in [9.17, 15) is 9.59 Å². The number of amides is 1. The van der Waals surface area contributed by atoms with E-state index >= 15 is 0 Å². The van der Waals surface area contributed by atoms with Gasteiger partial charge in [0, 0.05) is 40.2 Å². The molecule has 0 aromatic carbocycles. The fourth-order valence-electron chi connectivity index (χ4n) is 2.89. The minimum atomic E-state index is -0.121. The lowest BCUT2D eigenvalue weighted by atomic mass is 9.97. The van der Waals surface area contributed by atoms with Gasteiger partial charge < -0.3 is 24.3 Å². The maximum atomic E-state index is 11.9. The molecule has 1 aliphatic rings. The highest BCUT2D eigenvalue weighted by Crippen LogP contribution is 2.18. The maximum absolute atomic E-state index is 11.9. The smallest absolute Gasteiger partial charge is 0.309 e. The van der Waals surface area contributed by atoms with Crippen LogP contribution in [0.5, 0.6) is 0 Å². The number of nitrogens with one attached hydrogen (secondary N) is 1. The van der Waals surface area contributed by atoms with Crippen LogP contribution in [0.1, 0.15) is 25.5 Å². The summed E-state index contributed by atoms with van der Waals surface area (Å²) < 4.78 is 10.5. The number of hydrogen-bond donors (Lipinski definition) is 1. The molecule has 1 saturated heterocycles. The van der Waals surface area contributed by atoms with Crippen LogP contribution in [-0.4, -0.2) is 74.5 Å². The van der Waals surface area contributed by atoms with Crippen LogP contribution >= 0.6 is 0 Å². The van der Waals surface area contributed by atoms with Gasteiger partial charge in [-0.1, -0.05) is 0 Å². The molecule has 0 bridgehead atoms. The molecule has 8 nitrogen and oxygen atoms in total. The third kappa shape index (κ3) is 6.62. The Balaban J connectivity index is 1.93. The Morgan fingerprint density at radius 2 is 2.11 bits per heavy atom. The number of esters is 1. The topological polar surface area (TPSA) is 87.4 Å². The molecule has 1 aromatic rings. The molecule has 1 amide bonds. The fourth-order valence-corrected chi connectivity index (χ4v) is 2.89. The van der Waals surface area contributed by atoms with Crippen LogP contribution in [0.2, 0.25) is 0 Å². The highest BCUT2D eigenvalue weighted by Gasteiger charge is 2.27. The molecule has 0 atom stereocenters. The van der Waals surface area contributed by atoms with Crippen LogP contribution in [0.25, 0.3) is 0 Å². The summed E-state index contributed by atoms with van der Waals surface area (Å²) in [6, 6.07) is 3.79. The molecule has 0 radical (unpaired) electrons. The van der Waals surface area contributed by atoms with E-state index in [4.69, 9.17) is 9.15 Å². The standard InChI is InChI=1S/C19H30N4O4/c1-4-26-18(25)15-8-11-23(12-9-15)19(21-14-17(24)22(2)3)20-10-7-16-6-5-13-27-16/h5-6,13,15H,4,7-12,14H2,1-3H3,(H,20,21). The van der Waals surface area contributed by atoms with Crippen LogP contribution < -0.4 is 5.32 Å². The molecule has 27 heavy (non-hydrogen) atoms. The molecule has 1 aliphatic heterocycles. The summed E-state index contributed by atoms with van der Waals surface area (Å²) in [4.78, 5) is 31.9. The molecule has 0 spiro atoms. The first-order valence-electron chi connectivity index (χ1n) is 9.43. The quantitative estimate of drug-likeness (QED) is 0.435. The Kier molecular flexibility index (Phi) is 8.16. The number of likely N-dealkylation sites (N-methyl/N-ethyl adjacent to an activating group) is 1. The zero-order chi connectivity index (χ0) is 19.6. The molecule has 0 aliphatic carbocycles. The molecule has 0 unspecified atom stereocenters. The van der Waals surface area contributed by atoms with Crippen molar-refractivity contribution in [2.75, 3.05) is 46.9 Å². The second-order valence-corrected chi connectivity index (χ2v) is 6.70. The first-order valence-corrected chi connectivity index (χ1v) is 9.43. The Morgan fingerprint density at radius 1 is 1.37 bits per heavy atom. The maximum Gasteiger partial charge on any atom is 0.309 e. The fraction of sp³-hybridized carbons (Fsp3) is 0.632. The van der Waals surface area contributed by atoms with E-state index < -0.39 is 0 Å². The van der Waals surface area contributed by atoms with E-state index in [-0.39, 0.29) is 24.3 Å². The van der Waals surface area contributed by atoms with Crippen molar-refractivity contribution >= 4 is 17.8 Å². The summed E-state index contributed by atoms with van der Waals surface area (Å²) >= 11 is 0. The first-order chi connectivity index (χ1) is 13.0. The zero-order valence-corrected chi connectivity index (χ0v) is 16.4. The average molecular weight is 378 g/mol. The van der Waals surface area contributed by atoms with Gasteiger partial charge >= 0.3 is 5.97 Å². The van der Waals surface area contributed by atoms with E-state index in [0.717, 1.165) is 25.0 Å². The number of guanidine groups is 1. The number of aliphatic imine (C=N–C) groups is 1. The highest BCUT2D eigenvalue weighted by molar-refractivity contribution is 5.85. The lowest BCUT2D eigenvalue weighted by Crippen LogP contribution is -2.47. The number of carbonyl (C=O) groups is 2. The largest absolute Gasteiger partial charge is 0.469 e. The van der Waals surface area contributed by atoms with Gasteiger partial charge in [0.15, 0.2) is 5.96 Å². The highest BCUT2D eigenvalue weighted by atomic mass is 16.5. The van der Waals surface area contributed by atoms with Gasteiger partial charge in [-0.25, -0.2) is 4.99 Å². The van der Waals surface area contributed by atoms with Crippen LogP contribution in [0.4, 0.5) is 0 Å². The molecule has 1 fully saturated rings. The average Bonchev–Trinajstić information content (AvgIpc) is 3.18. The summed E-state index contributed by atoms with van der Waals surface area (Å²) in [6.07, 6.45) is 3.83.